The SMILES string of the molecule is COc1cc(/C=N/Nc2ccccc2Cl)ccc1OCc1ccccc1. The Morgan fingerprint density at radius 1 is 0.962 bits per heavy atom. The number of anilines is 1. The van der Waals surface area contributed by atoms with Gasteiger partial charge in [0.1, 0.15) is 6.61 Å². The van der Waals surface area contributed by atoms with Crippen molar-refractivity contribution < 1.29 is 9.47 Å². The van der Waals surface area contributed by atoms with E-state index in [-0.39, 0.29) is 0 Å². The van der Waals surface area contributed by atoms with Crippen molar-refractivity contribution in [3.8, 4) is 11.5 Å². The van der Waals surface area contributed by atoms with Crippen LogP contribution in [0.15, 0.2) is 77.9 Å². The van der Waals surface area contributed by atoms with Crippen LogP contribution in [-0.4, -0.2) is 13.3 Å². The fourth-order valence-corrected chi connectivity index (χ4v) is 2.53. The Morgan fingerprint density at radius 3 is 2.50 bits per heavy atom. The van der Waals surface area contributed by atoms with Crippen LogP contribution in [0.1, 0.15) is 11.1 Å². The summed E-state index contributed by atoms with van der Waals surface area (Å²) in [5, 5.41) is 4.83. The number of hydrogen-bond donors (Lipinski definition) is 1. The summed E-state index contributed by atoms with van der Waals surface area (Å²) in [6.45, 7) is 0.485. The van der Waals surface area contributed by atoms with Crippen LogP contribution in [0.25, 0.3) is 0 Å². The van der Waals surface area contributed by atoms with E-state index in [0.29, 0.717) is 23.1 Å². The predicted molar refractivity (Wildman–Crippen MR) is 106 cm³/mol. The highest BCUT2D eigenvalue weighted by molar-refractivity contribution is 6.33. The van der Waals surface area contributed by atoms with Gasteiger partial charge in [-0.25, -0.2) is 0 Å². The molecule has 5 heteroatoms. The first-order chi connectivity index (χ1) is 12.8. The molecular formula is C21H19ClN2O2. The maximum atomic E-state index is 6.09. The molecule has 0 spiro atoms. The molecule has 0 aliphatic rings. The number of nitrogens with one attached hydrogen (secondary N) is 1. The van der Waals surface area contributed by atoms with Gasteiger partial charge in [0, 0.05) is 0 Å². The van der Waals surface area contributed by atoms with E-state index in [1.165, 1.54) is 0 Å². The average molecular weight is 367 g/mol. The summed E-state index contributed by atoms with van der Waals surface area (Å²) >= 11 is 6.09. The lowest BCUT2D eigenvalue weighted by Gasteiger charge is -2.11. The molecule has 0 amide bonds. The Kier molecular flexibility index (Phi) is 6.12. The number of halogens is 1. The van der Waals surface area contributed by atoms with E-state index in [2.05, 4.69) is 10.5 Å². The molecule has 0 saturated heterocycles. The number of benzene rings is 3. The minimum absolute atomic E-state index is 0.485. The van der Waals surface area contributed by atoms with Crippen molar-refractivity contribution in [3.63, 3.8) is 0 Å². The van der Waals surface area contributed by atoms with Crippen molar-refractivity contribution in [2.24, 2.45) is 5.10 Å². The summed E-state index contributed by atoms with van der Waals surface area (Å²) in [7, 11) is 1.62. The highest BCUT2D eigenvalue weighted by Crippen LogP contribution is 2.28. The van der Waals surface area contributed by atoms with Crippen molar-refractivity contribution in [3.05, 3.63) is 88.9 Å². The smallest absolute Gasteiger partial charge is 0.161 e. The molecule has 1 N–H and O–H groups in total. The van der Waals surface area contributed by atoms with Gasteiger partial charge < -0.3 is 9.47 Å². The molecule has 132 valence electrons. The Hall–Kier alpha value is -2.98. The van der Waals surface area contributed by atoms with E-state index in [1.807, 2.05) is 66.7 Å². The van der Waals surface area contributed by atoms with Gasteiger partial charge in [0.25, 0.3) is 0 Å². The Morgan fingerprint density at radius 2 is 1.73 bits per heavy atom. The topological polar surface area (TPSA) is 42.8 Å². The molecule has 0 aliphatic heterocycles. The van der Waals surface area contributed by atoms with E-state index in [9.17, 15) is 0 Å². The highest BCUT2D eigenvalue weighted by atomic mass is 35.5. The molecule has 3 aromatic carbocycles. The zero-order valence-electron chi connectivity index (χ0n) is 14.4. The van der Waals surface area contributed by atoms with Crippen LogP contribution in [0.3, 0.4) is 0 Å². The molecule has 0 heterocycles. The molecule has 0 radical (unpaired) electrons. The maximum absolute atomic E-state index is 6.09. The van der Waals surface area contributed by atoms with E-state index in [1.54, 1.807) is 19.4 Å². The molecular weight excluding hydrogens is 348 g/mol. The van der Waals surface area contributed by atoms with Crippen LogP contribution in [0.5, 0.6) is 11.5 Å². The Labute approximate surface area is 158 Å². The lowest BCUT2D eigenvalue weighted by atomic mass is 10.2. The monoisotopic (exact) mass is 366 g/mol. The average Bonchev–Trinajstić information content (AvgIpc) is 2.69. The second-order valence-corrected chi connectivity index (χ2v) is 5.94. The van der Waals surface area contributed by atoms with Gasteiger partial charge in [-0.15, -0.1) is 0 Å². The molecule has 0 fully saturated rings. The van der Waals surface area contributed by atoms with Gasteiger partial charge in [-0.1, -0.05) is 54.1 Å². The van der Waals surface area contributed by atoms with Gasteiger partial charge in [0.2, 0.25) is 0 Å². The number of ether oxygens (including phenoxy) is 2. The minimum Gasteiger partial charge on any atom is -0.493 e. The van der Waals surface area contributed by atoms with Gasteiger partial charge in [0.05, 0.1) is 24.0 Å². The molecule has 3 aromatic rings. The van der Waals surface area contributed by atoms with Crippen LogP contribution in [-0.2, 0) is 6.61 Å². The van der Waals surface area contributed by atoms with E-state index in [4.69, 9.17) is 21.1 Å². The molecule has 3 rings (SSSR count). The number of hydrogen-bond acceptors (Lipinski definition) is 4. The second-order valence-electron chi connectivity index (χ2n) is 5.53. The van der Waals surface area contributed by atoms with Crippen LogP contribution in [0, 0.1) is 0 Å². The summed E-state index contributed by atoms with van der Waals surface area (Å²) in [6.07, 6.45) is 1.70. The standard InChI is InChI=1S/C21H19ClN2O2/c1-25-21-13-17(14-23-24-19-10-6-5-9-18(19)22)11-12-20(21)26-15-16-7-3-2-4-8-16/h2-14,24H,15H2,1H3/b23-14+. The number of rotatable bonds is 7. The van der Waals surface area contributed by atoms with Gasteiger partial charge >= 0.3 is 0 Å². The van der Waals surface area contributed by atoms with Crippen molar-refractivity contribution in [2.75, 3.05) is 12.5 Å². The number of nitrogens with zero attached hydrogens (tertiary/aromatic N) is 1. The van der Waals surface area contributed by atoms with Gasteiger partial charge in [-0.2, -0.15) is 5.10 Å². The van der Waals surface area contributed by atoms with Gasteiger partial charge in [0.15, 0.2) is 11.5 Å². The van der Waals surface area contributed by atoms with Crippen LogP contribution < -0.4 is 14.9 Å². The minimum atomic E-state index is 0.485. The molecule has 26 heavy (non-hydrogen) atoms. The molecule has 0 bridgehead atoms. The third-order valence-corrected chi connectivity index (χ3v) is 4.03. The molecule has 4 nitrogen and oxygen atoms in total. The van der Waals surface area contributed by atoms with Crippen molar-refractivity contribution in [2.45, 2.75) is 6.61 Å². The molecule has 0 aliphatic carbocycles. The fourth-order valence-electron chi connectivity index (χ4n) is 2.35. The normalized spacial score (nSPS) is 10.7. The number of hydrazone groups is 1. The number of para-hydroxylation sites is 1. The predicted octanol–water partition coefficient (Wildman–Crippen LogP) is 5.37. The third-order valence-electron chi connectivity index (χ3n) is 3.70. The lowest BCUT2D eigenvalue weighted by Crippen LogP contribution is -1.98. The summed E-state index contributed by atoms with van der Waals surface area (Å²) in [6, 6.07) is 23.1. The lowest BCUT2D eigenvalue weighted by molar-refractivity contribution is 0.284. The van der Waals surface area contributed by atoms with Crippen molar-refractivity contribution in [1.82, 2.24) is 0 Å². The van der Waals surface area contributed by atoms with E-state index >= 15 is 0 Å². The van der Waals surface area contributed by atoms with Crippen LogP contribution in [0.2, 0.25) is 5.02 Å². The van der Waals surface area contributed by atoms with Crippen LogP contribution in [0.4, 0.5) is 5.69 Å². The van der Waals surface area contributed by atoms with E-state index < -0.39 is 0 Å². The summed E-state index contributed by atoms with van der Waals surface area (Å²) in [5.74, 6) is 1.34. The van der Waals surface area contributed by atoms with Crippen molar-refractivity contribution >= 4 is 23.5 Å². The second kappa shape index (κ2) is 8.92. The van der Waals surface area contributed by atoms with Crippen molar-refractivity contribution in [1.29, 1.82) is 0 Å². The zero-order chi connectivity index (χ0) is 18.2. The first-order valence-corrected chi connectivity index (χ1v) is 8.52. The molecule has 0 unspecified atom stereocenters. The van der Waals surface area contributed by atoms with Gasteiger partial charge in [-0.05, 0) is 41.5 Å². The summed E-state index contributed by atoms with van der Waals surface area (Å²) in [5.41, 5.74) is 5.66. The highest BCUT2D eigenvalue weighted by Gasteiger charge is 2.05. The molecule has 0 saturated carbocycles. The first-order valence-electron chi connectivity index (χ1n) is 8.14. The molecule has 0 aromatic heterocycles. The Bertz CT molecular complexity index is 882. The van der Waals surface area contributed by atoms with E-state index in [0.717, 1.165) is 16.8 Å². The molecule has 0 atom stereocenters. The van der Waals surface area contributed by atoms with Crippen LogP contribution >= 0.6 is 11.6 Å². The first kappa shape index (κ1) is 17.8. The largest absolute Gasteiger partial charge is 0.493 e. The fraction of sp³-hybridized carbons (Fsp3) is 0.0952. The quantitative estimate of drug-likeness (QED) is 0.451. The third kappa shape index (κ3) is 4.77. The zero-order valence-corrected chi connectivity index (χ0v) is 15.1. The number of methoxy groups -OCH3 is 1. The Balaban J connectivity index is 1.66. The van der Waals surface area contributed by atoms with Gasteiger partial charge in [-0.3, -0.25) is 5.43 Å². The maximum Gasteiger partial charge on any atom is 0.161 e. The summed E-state index contributed by atoms with van der Waals surface area (Å²) < 4.78 is 11.3. The summed E-state index contributed by atoms with van der Waals surface area (Å²) in [4.78, 5) is 0.